The highest BCUT2D eigenvalue weighted by Crippen LogP contribution is 2.33. The number of hydrogen-bond acceptors (Lipinski definition) is 4. The first-order valence-electron chi connectivity index (χ1n) is 7.67. The van der Waals surface area contributed by atoms with Crippen LogP contribution in [0.5, 0.6) is 0 Å². The maximum atomic E-state index is 9.17. The molecule has 1 aliphatic rings. The summed E-state index contributed by atoms with van der Waals surface area (Å²) in [5.41, 5.74) is 3.19. The Morgan fingerprint density at radius 2 is 2.19 bits per heavy atom. The maximum absolute atomic E-state index is 9.17. The largest absolute Gasteiger partial charge is 0.395 e. The lowest BCUT2D eigenvalue weighted by Gasteiger charge is -2.40. The van der Waals surface area contributed by atoms with Crippen molar-refractivity contribution in [2.45, 2.75) is 32.1 Å². The molecule has 3 heterocycles. The average Bonchev–Trinajstić information content (AvgIpc) is 2.74. The predicted octanol–water partition coefficient (Wildman–Crippen LogP) is 1.62. The van der Waals surface area contributed by atoms with Crippen molar-refractivity contribution >= 4 is 11.0 Å². The van der Waals surface area contributed by atoms with E-state index in [-0.39, 0.29) is 12.0 Å². The minimum atomic E-state index is 0.0553. The number of rotatable bonds is 3. The van der Waals surface area contributed by atoms with Gasteiger partial charge in [-0.2, -0.15) is 5.10 Å². The molecule has 1 N–H and O–H groups in total. The monoisotopic (exact) mass is 288 g/mol. The van der Waals surface area contributed by atoms with Crippen LogP contribution in [0.15, 0.2) is 12.1 Å². The number of likely N-dealkylation sites (tertiary alicyclic amines) is 1. The van der Waals surface area contributed by atoms with E-state index in [0.717, 1.165) is 54.9 Å². The molecule has 114 valence electrons. The van der Waals surface area contributed by atoms with E-state index < -0.39 is 0 Å². The van der Waals surface area contributed by atoms with Gasteiger partial charge in [0.05, 0.1) is 18.0 Å². The second kappa shape index (κ2) is 5.39. The fourth-order valence-electron chi connectivity index (χ4n) is 3.53. The number of aliphatic hydroxyl groups excluding tert-OH is 1. The summed E-state index contributed by atoms with van der Waals surface area (Å²) in [5, 5.41) is 14.8. The Labute approximate surface area is 125 Å². The molecule has 2 aromatic rings. The first kappa shape index (κ1) is 14.5. The van der Waals surface area contributed by atoms with E-state index in [9.17, 15) is 5.11 Å². The Bertz CT molecular complexity index is 649. The van der Waals surface area contributed by atoms with Crippen LogP contribution in [-0.2, 0) is 12.5 Å². The predicted molar refractivity (Wildman–Crippen MR) is 83.4 cm³/mol. The number of aryl methyl sites for hydroxylation is 2. The number of pyridine rings is 1. The third-order valence-corrected chi connectivity index (χ3v) is 4.68. The van der Waals surface area contributed by atoms with Crippen molar-refractivity contribution < 1.29 is 5.11 Å². The van der Waals surface area contributed by atoms with E-state index in [1.807, 2.05) is 18.7 Å². The smallest absolute Gasteiger partial charge is 0.158 e. The van der Waals surface area contributed by atoms with Crippen LogP contribution in [0.4, 0.5) is 0 Å². The highest BCUT2D eigenvalue weighted by Gasteiger charge is 2.34. The number of aromatic nitrogens is 3. The molecule has 1 atom stereocenters. The molecule has 0 radical (unpaired) electrons. The van der Waals surface area contributed by atoms with E-state index in [1.165, 1.54) is 0 Å². The number of hydrogen-bond donors (Lipinski definition) is 1. The fraction of sp³-hybridized carbons (Fsp3) is 0.625. The van der Waals surface area contributed by atoms with Crippen LogP contribution in [0.3, 0.4) is 0 Å². The van der Waals surface area contributed by atoms with Crippen molar-refractivity contribution in [1.82, 2.24) is 19.7 Å². The summed E-state index contributed by atoms with van der Waals surface area (Å²) >= 11 is 0. The van der Waals surface area contributed by atoms with Crippen LogP contribution in [-0.4, -0.2) is 51.0 Å². The summed E-state index contributed by atoms with van der Waals surface area (Å²) in [6.45, 7) is 7.32. The lowest BCUT2D eigenvalue weighted by Crippen LogP contribution is -2.45. The van der Waals surface area contributed by atoms with Crippen molar-refractivity contribution in [3.05, 3.63) is 23.5 Å². The Morgan fingerprint density at radius 1 is 1.38 bits per heavy atom. The van der Waals surface area contributed by atoms with E-state index in [2.05, 4.69) is 29.1 Å². The zero-order valence-corrected chi connectivity index (χ0v) is 13.1. The van der Waals surface area contributed by atoms with Crippen LogP contribution < -0.4 is 0 Å². The SMILES string of the molecule is Cc1nn(C)c2nc([C@@]3(C)CCCN(CCO)C3)ccc12. The zero-order valence-electron chi connectivity index (χ0n) is 13.1. The summed E-state index contributed by atoms with van der Waals surface area (Å²) in [4.78, 5) is 7.23. The third kappa shape index (κ3) is 2.56. The van der Waals surface area contributed by atoms with Gasteiger partial charge >= 0.3 is 0 Å². The first-order valence-corrected chi connectivity index (χ1v) is 7.67. The van der Waals surface area contributed by atoms with Gasteiger partial charge in [0.25, 0.3) is 0 Å². The van der Waals surface area contributed by atoms with E-state index in [4.69, 9.17) is 4.98 Å². The molecular weight excluding hydrogens is 264 g/mol. The van der Waals surface area contributed by atoms with Gasteiger partial charge in [-0.25, -0.2) is 4.98 Å². The Hall–Kier alpha value is -1.46. The summed E-state index contributed by atoms with van der Waals surface area (Å²) < 4.78 is 1.87. The standard InChI is InChI=1S/C16H24N4O/c1-12-13-5-6-14(17-15(13)19(3)18-12)16(2)7-4-8-20(11-16)9-10-21/h5-6,21H,4,7-11H2,1-3H3/t16-/m0/s1. The van der Waals surface area contributed by atoms with Crippen molar-refractivity contribution in [2.75, 3.05) is 26.2 Å². The summed E-state index contributed by atoms with van der Waals surface area (Å²) in [6, 6.07) is 4.30. The van der Waals surface area contributed by atoms with Gasteiger partial charge in [-0.05, 0) is 38.4 Å². The molecule has 3 rings (SSSR count). The lowest BCUT2D eigenvalue weighted by atomic mass is 9.78. The second-order valence-electron chi connectivity index (χ2n) is 6.44. The third-order valence-electron chi connectivity index (χ3n) is 4.68. The summed E-state index contributed by atoms with van der Waals surface area (Å²) in [6.07, 6.45) is 2.30. The molecule has 0 saturated carbocycles. The van der Waals surface area contributed by atoms with Gasteiger partial charge in [-0.1, -0.05) is 6.92 Å². The van der Waals surface area contributed by atoms with Crippen LogP contribution in [0, 0.1) is 6.92 Å². The van der Waals surface area contributed by atoms with Crippen LogP contribution >= 0.6 is 0 Å². The van der Waals surface area contributed by atoms with Crippen LogP contribution in [0.25, 0.3) is 11.0 Å². The van der Waals surface area contributed by atoms with Gasteiger partial charge < -0.3 is 10.0 Å². The zero-order chi connectivity index (χ0) is 15.0. The normalized spacial score (nSPS) is 23.8. The minimum Gasteiger partial charge on any atom is -0.395 e. The van der Waals surface area contributed by atoms with Gasteiger partial charge in [0.2, 0.25) is 0 Å². The molecule has 2 aromatic heterocycles. The van der Waals surface area contributed by atoms with E-state index in [0.29, 0.717) is 0 Å². The highest BCUT2D eigenvalue weighted by atomic mass is 16.3. The molecule has 0 aromatic carbocycles. The molecule has 0 unspecified atom stereocenters. The molecule has 1 saturated heterocycles. The lowest BCUT2D eigenvalue weighted by molar-refractivity contribution is 0.126. The summed E-state index contributed by atoms with van der Waals surface area (Å²) in [7, 11) is 1.95. The Balaban J connectivity index is 1.96. The van der Waals surface area contributed by atoms with Crippen molar-refractivity contribution in [3.63, 3.8) is 0 Å². The molecule has 1 fully saturated rings. The van der Waals surface area contributed by atoms with E-state index in [1.54, 1.807) is 0 Å². The highest BCUT2D eigenvalue weighted by molar-refractivity contribution is 5.78. The van der Waals surface area contributed by atoms with Crippen molar-refractivity contribution in [3.8, 4) is 0 Å². The second-order valence-corrected chi connectivity index (χ2v) is 6.44. The number of piperidine rings is 1. The molecular formula is C16H24N4O. The summed E-state index contributed by atoms with van der Waals surface area (Å²) in [5.74, 6) is 0. The maximum Gasteiger partial charge on any atom is 0.158 e. The Kier molecular flexibility index (Phi) is 3.71. The number of aliphatic hydroxyl groups is 1. The van der Waals surface area contributed by atoms with Gasteiger partial charge in [0, 0.05) is 30.9 Å². The molecule has 1 aliphatic heterocycles. The molecule has 0 aliphatic carbocycles. The molecule has 0 spiro atoms. The fourth-order valence-corrected chi connectivity index (χ4v) is 3.53. The quantitative estimate of drug-likeness (QED) is 0.932. The molecule has 5 nitrogen and oxygen atoms in total. The number of nitrogens with zero attached hydrogens (tertiary/aromatic N) is 4. The topological polar surface area (TPSA) is 54.2 Å². The molecule has 0 bridgehead atoms. The van der Waals surface area contributed by atoms with Gasteiger partial charge in [-0.15, -0.1) is 0 Å². The number of fused-ring (bicyclic) bond motifs is 1. The Morgan fingerprint density at radius 3 is 2.95 bits per heavy atom. The van der Waals surface area contributed by atoms with Crippen LogP contribution in [0.1, 0.15) is 31.2 Å². The van der Waals surface area contributed by atoms with Gasteiger partial charge in [0.15, 0.2) is 5.65 Å². The van der Waals surface area contributed by atoms with Gasteiger partial charge in [-0.3, -0.25) is 4.68 Å². The van der Waals surface area contributed by atoms with Crippen LogP contribution in [0.2, 0.25) is 0 Å². The van der Waals surface area contributed by atoms with Crippen molar-refractivity contribution in [1.29, 1.82) is 0 Å². The molecule has 0 amide bonds. The molecule has 5 heteroatoms. The first-order chi connectivity index (χ1) is 10.0. The molecule has 21 heavy (non-hydrogen) atoms. The van der Waals surface area contributed by atoms with E-state index >= 15 is 0 Å². The number of β-amino-alcohol motifs (C(OH)–C–C–N with tert-alkyl or cyclic N) is 1. The van der Waals surface area contributed by atoms with Crippen molar-refractivity contribution in [2.24, 2.45) is 7.05 Å². The average molecular weight is 288 g/mol. The van der Waals surface area contributed by atoms with Gasteiger partial charge in [0.1, 0.15) is 0 Å². The minimum absolute atomic E-state index is 0.0553.